The second-order valence-electron chi connectivity index (χ2n) is 8.34. The summed E-state index contributed by atoms with van der Waals surface area (Å²) in [4.78, 5) is 0. The molecule has 2 unspecified atom stereocenters. The maximum Gasteiger partial charge on any atom is 0.115 e. The molecule has 1 aromatic rings. The Morgan fingerprint density at radius 2 is 1.79 bits per heavy atom. The maximum absolute atomic E-state index is 9.31. The van der Waals surface area contributed by atoms with E-state index in [1.807, 2.05) is 18.2 Å². The van der Waals surface area contributed by atoms with Crippen LogP contribution in [0.25, 0.3) is 0 Å². The highest BCUT2D eigenvalue weighted by Gasteiger charge is 2.32. The molecule has 0 bridgehead atoms. The summed E-state index contributed by atoms with van der Waals surface area (Å²) in [5, 5.41) is 9.31. The third-order valence-electron chi connectivity index (χ3n) is 5.01. The molecule has 1 N–H and O–H groups in total. The van der Waals surface area contributed by atoms with Crippen molar-refractivity contribution in [2.75, 3.05) is 0 Å². The van der Waals surface area contributed by atoms with Crippen molar-refractivity contribution in [2.45, 2.75) is 85.0 Å². The van der Waals surface area contributed by atoms with Crippen molar-refractivity contribution in [2.24, 2.45) is 11.3 Å². The monoisotopic (exact) mass is 330 g/mol. The van der Waals surface area contributed by atoms with E-state index >= 15 is 0 Å². The first-order valence-electron chi connectivity index (χ1n) is 9.77. The fraction of sp³-hybridized carbons (Fsp3) is 0.652. The summed E-state index contributed by atoms with van der Waals surface area (Å²) >= 11 is 0. The molecule has 2 atom stereocenters. The van der Waals surface area contributed by atoms with Crippen LogP contribution in [0.3, 0.4) is 0 Å². The van der Waals surface area contributed by atoms with Crippen LogP contribution >= 0.6 is 0 Å². The molecule has 1 aliphatic rings. The Hall–Kier alpha value is -1.24. The Kier molecular flexibility index (Phi) is 9.18. The highest BCUT2D eigenvalue weighted by atomic mass is 16.3. The van der Waals surface area contributed by atoms with E-state index in [1.165, 1.54) is 56.9 Å². The minimum atomic E-state index is 0.367. The SMILES string of the molecule is C=CCCCCCC.CC1CC(c2ccc(O)cc2)CC(C)(C)C1. The number of hydrogen-bond donors (Lipinski definition) is 1. The molecular formula is C23H38O. The lowest BCUT2D eigenvalue weighted by atomic mass is 9.66. The van der Waals surface area contributed by atoms with Gasteiger partial charge in [0.1, 0.15) is 5.75 Å². The Labute approximate surface area is 150 Å². The average Bonchev–Trinajstić information content (AvgIpc) is 2.51. The fourth-order valence-electron chi connectivity index (χ4n) is 4.06. The van der Waals surface area contributed by atoms with Crippen LogP contribution < -0.4 is 0 Å². The van der Waals surface area contributed by atoms with Gasteiger partial charge in [-0.15, -0.1) is 6.58 Å². The molecule has 1 nitrogen and oxygen atoms in total. The summed E-state index contributed by atoms with van der Waals surface area (Å²) in [5.74, 6) is 1.84. The van der Waals surface area contributed by atoms with E-state index in [4.69, 9.17) is 0 Å². The zero-order valence-electron chi connectivity index (χ0n) is 16.4. The predicted molar refractivity (Wildman–Crippen MR) is 107 cm³/mol. The molecule has 0 saturated heterocycles. The van der Waals surface area contributed by atoms with Gasteiger partial charge in [0.2, 0.25) is 0 Å². The summed E-state index contributed by atoms with van der Waals surface area (Å²) in [6, 6.07) is 7.77. The lowest BCUT2D eigenvalue weighted by molar-refractivity contribution is 0.168. The van der Waals surface area contributed by atoms with E-state index in [0.717, 1.165) is 5.92 Å². The van der Waals surface area contributed by atoms with Crippen LogP contribution in [0.15, 0.2) is 36.9 Å². The lowest BCUT2D eigenvalue weighted by Gasteiger charge is -2.39. The first-order chi connectivity index (χ1) is 11.4. The number of aromatic hydroxyl groups is 1. The highest BCUT2D eigenvalue weighted by Crippen LogP contribution is 2.46. The minimum Gasteiger partial charge on any atom is -0.508 e. The number of benzene rings is 1. The molecule has 24 heavy (non-hydrogen) atoms. The van der Waals surface area contributed by atoms with Crippen molar-refractivity contribution >= 4 is 0 Å². The van der Waals surface area contributed by atoms with Gasteiger partial charge in [-0.05, 0) is 67.1 Å². The molecule has 0 spiro atoms. The van der Waals surface area contributed by atoms with Crippen LogP contribution in [-0.2, 0) is 0 Å². The van der Waals surface area contributed by atoms with Crippen molar-refractivity contribution < 1.29 is 5.11 Å². The first-order valence-corrected chi connectivity index (χ1v) is 9.77. The van der Waals surface area contributed by atoms with Gasteiger partial charge >= 0.3 is 0 Å². The third-order valence-corrected chi connectivity index (χ3v) is 5.01. The smallest absolute Gasteiger partial charge is 0.115 e. The number of hydrogen-bond acceptors (Lipinski definition) is 1. The first kappa shape index (κ1) is 20.8. The topological polar surface area (TPSA) is 20.2 Å². The standard InChI is InChI=1S/C15H22O.C8H16/c1-11-8-13(10-15(2,3)9-11)12-4-6-14(16)7-5-12;1-3-5-7-8-6-4-2/h4-7,11,13,16H,8-10H2,1-3H3;3H,1,4-8H2,2H3. The van der Waals surface area contributed by atoms with Gasteiger partial charge < -0.3 is 5.11 Å². The predicted octanol–water partition coefficient (Wildman–Crippen LogP) is 7.46. The fourth-order valence-corrected chi connectivity index (χ4v) is 4.06. The molecule has 0 aliphatic heterocycles. The average molecular weight is 331 g/mol. The zero-order chi connectivity index (χ0) is 18.0. The minimum absolute atomic E-state index is 0.367. The van der Waals surface area contributed by atoms with Crippen molar-refractivity contribution in [3.05, 3.63) is 42.5 Å². The van der Waals surface area contributed by atoms with Crippen molar-refractivity contribution in [1.82, 2.24) is 0 Å². The molecule has 1 aromatic carbocycles. The van der Waals surface area contributed by atoms with Crippen LogP contribution in [0, 0.1) is 11.3 Å². The summed E-state index contributed by atoms with van der Waals surface area (Å²) in [6.07, 6.45) is 12.5. The van der Waals surface area contributed by atoms with Gasteiger partial charge in [0, 0.05) is 0 Å². The second-order valence-corrected chi connectivity index (χ2v) is 8.34. The Balaban J connectivity index is 0.000000307. The quantitative estimate of drug-likeness (QED) is 0.424. The van der Waals surface area contributed by atoms with E-state index in [-0.39, 0.29) is 0 Å². The number of phenolic OH excluding ortho intramolecular Hbond substituents is 1. The molecule has 2 rings (SSSR count). The van der Waals surface area contributed by atoms with E-state index in [9.17, 15) is 5.11 Å². The summed E-state index contributed by atoms with van der Waals surface area (Å²) < 4.78 is 0. The van der Waals surface area contributed by atoms with Gasteiger partial charge in [0.15, 0.2) is 0 Å². The Bertz CT molecular complexity index is 457. The molecule has 0 amide bonds. The summed E-state index contributed by atoms with van der Waals surface area (Å²) in [6.45, 7) is 13.0. The van der Waals surface area contributed by atoms with Crippen molar-refractivity contribution in [1.29, 1.82) is 0 Å². The molecule has 1 fully saturated rings. The van der Waals surface area contributed by atoms with Crippen LogP contribution in [0.1, 0.15) is 90.5 Å². The molecule has 136 valence electrons. The van der Waals surface area contributed by atoms with Crippen LogP contribution in [0.2, 0.25) is 0 Å². The van der Waals surface area contributed by atoms with Crippen molar-refractivity contribution in [3.63, 3.8) is 0 Å². The largest absolute Gasteiger partial charge is 0.508 e. The maximum atomic E-state index is 9.31. The van der Waals surface area contributed by atoms with E-state index < -0.39 is 0 Å². The molecule has 1 heteroatoms. The summed E-state index contributed by atoms with van der Waals surface area (Å²) in [5.41, 5.74) is 1.85. The van der Waals surface area contributed by atoms with E-state index in [1.54, 1.807) is 0 Å². The Morgan fingerprint density at radius 1 is 1.12 bits per heavy atom. The lowest BCUT2D eigenvalue weighted by Crippen LogP contribution is -2.26. The molecule has 0 radical (unpaired) electrons. The molecule has 1 aliphatic carbocycles. The van der Waals surface area contributed by atoms with Crippen molar-refractivity contribution in [3.8, 4) is 5.75 Å². The van der Waals surface area contributed by atoms with Crippen LogP contribution in [-0.4, -0.2) is 5.11 Å². The van der Waals surface area contributed by atoms with Gasteiger partial charge in [0.05, 0.1) is 0 Å². The third kappa shape index (κ3) is 8.04. The highest BCUT2D eigenvalue weighted by molar-refractivity contribution is 5.28. The number of rotatable bonds is 6. The normalized spacial score (nSPS) is 22.3. The molecular weight excluding hydrogens is 292 g/mol. The number of allylic oxidation sites excluding steroid dienone is 1. The number of phenols is 1. The van der Waals surface area contributed by atoms with Crippen LogP contribution in [0.4, 0.5) is 0 Å². The Morgan fingerprint density at radius 3 is 2.33 bits per heavy atom. The summed E-state index contributed by atoms with van der Waals surface area (Å²) in [7, 11) is 0. The molecule has 0 aromatic heterocycles. The second kappa shape index (κ2) is 10.6. The zero-order valence-corrected chi connectivity index (χ0v) is 16.4. The van der Waals surface area contributed by atoms with Gasteiger partial charge in [-0.2, -0.15) is 0 Å². The van der Waals surface area contributed by atoms with Crippen LogP contribution in [0.5, 0.6) is 5.75 Å². The van der Waals surface area contributed by atoms with Gasteiger partial charge in [-0.3, -0.25) is 0 Å². The van der Waals surface area contributed by atoms with E-state index in [2.05, 4.69) is 46.4 Å². The van der Waals surface area contributed by atoms with Gasteiger partial charge in [-0.25, -0.2) is 0 Å². The molecule has 0 heterocycles. The number of unbranched alkanes of at least 4 members (excludes halogenated alkanes) is 4. The molecule has 1 saturated carbocycles. The van der Waals surface area contributed by atoms with Gasteiger partial charge in [-0.1, -0.05) is 65.2 Å². The van der Waals surface area contributed by atoms with Gasteiger partial charge in [0.25, 0.3) is 0 Å². The van der Waals surface area contributed by atoms with E-state index in [0.29, 0.717) is 17.1 Å².